The summed E-state index contributed by atoms with van der Waals surface area (Å²) in [5.74, 6) is -0.00832. The number of halogens is 4. The van der Waals surface area contributed by atoms with E-state index in [0.717, 1.165) is 16.2 Å². The topological polar surface area (TPSA) is 69.4 Å². The number of pyridine rings is 3. The smallest absolute Gasteiger partial charge is 0.421 e. The normalized spacial score (nSPS) is 12.7. The molecule has 3 heterocycles. The second-order valence-electron chi connectivity index (χ2n) is 8.93. The number of para-hydroxylation sites is 1. The molecule has 3 aromatic heterocycles. The zero-order valence-electron chi connectivity index (χ0n) is 21.8. The summed E-state index contributed by atoms with van der Waals surface area (Å²) in [7, 11) is 0. The van der Waals surface area contributed by atoms with Crippen molar-refractivity contribution >= 4 is 22.8 Å². The SMILES string of the molecule is C/C=N\C(=C(/C)F)c1cc(C)nc2c(OCc3c(C)ccnc3Cn3cccc(C(F)(F)F)c3=O)cccc12. The monoisotopic (exact) mass is 538 g/mol. The van der Waals surface area contributed by atoms with Crippen molar-refractivity contribution in [3.05, 3.63) is 105 Å². The quantitative estimate of drug-likeness (QED) is 0.192. The van der Waals surface area contributed by atoms with Crippen molar-refractivity contribution in [1.82, 2.24) is 14.5 Å². The fourth-order valence-electron chi connectivity index (χ4n) is 4.30. The lowest BCUT2D eigenvalue weighted by Crippen LogP contribution is -2.29. The number of alkyl halides is 3. The zero-order chi connectivity index (χ0) is 28.3. The maximum atomic E-state index is 14.4. The van der Waals surface area contributed by atoms with Gasteiger partial charge in [-0.15, -0.1) is 0 Å². The second kappa shape index (κ2) is 11.2. The van der Waals surface area contributed by atoms with Gasteiger partial charge >= 0.3 is 6.18 Å². The molecule has 0 aliphatic heterocycles. The highest BCUT2D eigenvalue weighted by Crippen LogP contribution is 2.33. The fourth-order valence-corrected chi connectivity index (χ4v) is 4.30. The maximum Gasteiger partial charge on any atom is 0.421 e. The summed E-state index contributed by atoms with van der Waals surface area (Å²) in [5.41, 5.74) is 1.34. The van der Waals surface area contributed by atoms with Crippen LogP contribution in [0.3, 0.4) is 0 Å². The van der Waals surface area contributed by atoms with E-state index in [1.54, 1.807) is 44.2 Å². The fraction of sp³-hybridized carbons (Fsp3) is 0.241. The highest BCUT2D eigenvalue weighted by molar-refractivity contribution is 5.96. The number of hydrogen-bond donors (Lipinski definition) is 0. The largest absolute Gasteiger partial charge is 0.487 e. The molecule has 0 aliphatic rings. The molecule has 6 nitrogen and oxygen atoms in total. The van der Waals surface area contributed by atoms with Crippen LogP contribution in [0.5, 0.6) is 5.75 Å². The van der Waals surface area contributed by atoms with Crippen molar-refractivity contribution in [2.24, 2.45) is 4.99 Å². The first-order valence-corrected chi connectivity index (χ1v) is 12.1. The summed E-state index contributed by atoms with van der Waals surface area (Å²) in [6.07, 6.45) is -0.420. The summed E-state index contributed by atoms with van der Waals surface area (Å²) in [4.78, 5) is 25.6. The zero-order valence-corrected chi connectivity index (χ0v) is 21.8. The van der Waals surface area contributed by atoms with Crippen LogP contribution >= 0.6 is 0 Å². The summed E-state index contributed by atoms with van der Waals surface area (Å²) in [6.45, 7) is 6.51. The maximum absolute atomic E-state index is 14.4. The molecule has 10 heteroatoms. The van der Waals surface area contributed by atoms with Gasteiger partial charge in [-0.1, -0.05) is 12.1 Å². The number of rotatable bonds is 7. The molecule has 0 bridgehead atoms. The van der Waals surface area contributed by atoms with E-state index in [1.165, 1.54) is 31.6 Å². The first kappa shape index (κ1) is 27.7. The number of aliphatic imine (C=N–C) groups is 1. The van der Waals surface area contributed by atoms with E-state index >= 15 is 0 Å². The Balaban J connectivity index is 1.72. The standard InChI is InChI=1S/C29H26F4N4O2/c1-5-34-26(19(4)30)21-14-18(3)36-27-20(21)8-6-10-25(27)39-16-22-17(2)11-12-35-24(22)15-37-13-7-9-23(28(37)38)29(31,32)33/h5-14H,15-16H2,1-4H3/b26-19+,34-5-. The minimum absolute atomic E-state index is 0.0186. The lowest BCUT2D eigenvalue weighted by Gasteiger charge is -2.16. The number of ether oxygens (including phenoxy) is 1. The summed E-state index contributed by atoms with van der Waals surface area (Å²) in [5, 5.41) is 0.648. The van der Waals surface area contributed by atoms with Crippen LogP contribution in [0.4, 0.5) is 17.6 Å². The van der Waals surface area contributed by atoms with Crippen LogP contribution in [0, 0.1) is 13.8 Å². The van der Waals surface area contributed by atoms with Crippen molar-refractivity contribution in [1.29, 1.82) is 0 Å². The Bertz CT molecular complexity index is 1650. The minimum Gasteiger partial charge on any atom is -0.487 e. The highest BCUT2D eigenvalue weighted by Gasteiger charge is 2.34. The first-order valence-electron chi connectivity index (χ1n) is 12.1. The lowest BCUT2D eigenvalue weighted by molar-refractivity contribution is -0.138. The molecule has 202 valence electrons. The summed E-state index contributed by atoms with van der Waals surface area (Å²) < 4.78 is 61.3. The Labute approximate surface area is 222 Å². The molecule has 0 saturated carbocycles. The Hall–Kier alpha value is -4.34. The molecule has 0 unspecified atom stereocenters. The summed E-state index contributed by atoms with van der Waals surface area (Å²) in [6, 6.07) is 10.8. The molecule has 4 rings (SSSR count). The molecule has 0 aliphatic carbocycles. The molecular weight excluding hydrogens is 512 g/mol. The van der Waals surface area contributed by atoms with Crippen LogP contribution in [0.2, 0.25) is 0 Å². The van der Waals surface area contributed by atoms with E-state index in [0.29, 0.717) is 39.2 Å². The van der Waals surface area contributed by atoms with Crippen molar-refractivity contribution < 1.29 is 22.3 Å². The lowest BCUT2D eigenvalue weighted by atomic mass is 10.0. The van der Waals surface area contributed by atoms with E-state index in [-0.39, 0.29) is 18.8 Å². The minimum atomic E-state index is -4.76. The predicted molar refractivity (Wildman–Crippen MR) is 142 cm³/mol. The van der Waals surface area contributed by atoms with Crippen LogP contribution in [0.1, 0.15) is 47.5 Å². The van der Waals surface area contributed by atoms with Gasteiger partial charge < -0.3 is 9.30 Å². The number of nitrogens with zero attached hydrogens (tertiary/aromatic N) is 4. The average Bonchev–Trinajstić information content (AvgIpc) is 2.87. The van der Waals surface area contributed by atoms with E-state index in [9.17, 15) is 22.4 Å². The molecule has 39 heavy (non-hydrogen) atoms. The van der Waals surface area contributed by atoms with Gasteiger partial charge in [0.1, 0.15) is 35.0 Å². The first-order chi connectivity index (χ1) is 18.5. The number of aryl methyl sites for hydroxylation is 2. The van der Waals surface area contributed by atoms with Gasteiger partial charge in [-0.25, -0.2) is 9.37 Å². The van der Waals surface area contributed by atoms with Crippen LogP contribution in [0.25, 0.3) is 16.6 Å². The molecule has 1 aromatic carbocycles. The Morgan fingerprint density at radius 2 is 1.92 bits per heavy atom. The van der Waals surface area contributed by atoms with Crippen LogP contribution in [0.15, 0.2) is 70.5 Å². The molecule has 0 atom stereocenters. The number of fused-ring (bicyclic) bond motifs is 1. The van der Waals surface area contributed by atoms with E-state index < -0.39 is 23.1 Å². The molecule has 0 fully saturated rings. The van der Waals surface area contributed by atoms with Crippen molar-refractivity contribution in [2.45, 2.75) is 47.0 Å². The molecular formula is C29H26F4N4O2. The van der Waals surface area contributed by atoms with Gasteiger partial charge in [-0.2, -0.15) is 13.2 Å². The number of aromatic nitrogens is 3. The third-order valence-electron chi connectivity index (χ3n) is 6.17. The van der Waals surface area contributed by atoms with Gasteiger partial charge in [0.2, 0.25) is 0 Å². The predicted octanol–water partition coefficient (Wildman–Crippen LogP) is 6.80. The average molecular weight is 539 g/mol. The van der Waals surface area contributed by atoms with Gasteiger partial charge in [0.05, 0.1) is 12.2 Å². The molecule has 4 aromatic rings. The number of allylic oxidation sites excluding steroid dienone is 1. The third kappa shape index (κ3) is 5.89. The van der Waals surface area contributed by atoms with Gasteiger partial charge in [-0.3, -0.25) is 14.8 Å². The van der Waals surface area contributed by atoms with Crippen LogP contribution < -0.4 is 10.3 Å². The Kier molecular flexibility index (Phi) is 7.94. The van der Waals surface area contributed by atoms with Crippen molar-refractivity contribution in [3.8, 4) is 5.75 Å². The second-order valence-corrected chi connectivity index (χ2v) is 8.93. The number of benzene rings is 1. The van der Waals surface area contributed by atoms with E-state index in [4.69, 9.17) is 4.74 Å². The molecule has 0 spiro atoms. The Morgan fingerprint density at radius 3 is 2.62 bits per heavy atom. The molecule has 0 amide bonds. The highest BCUT2D eigenvalue weighted by atomic mass is 19.4. The number of hydrogen-bond acceptors (Lipinski definition) is 5. The Morgan fingerprint density at radius 1 is 1.15 bits per heavy atom. The molecule has 0 saturated heterocycles. The van der Waals surface area contributed by atoms with Crippen molar-refractivity contribution in [2.75, 3.05) is 0 Å². The van der Waals surface area contributed by atoms with Gasteiger partial charge in [-0.05, 0) is 63.6 Å². The molecule has 0 N–H and O–H groups in total. The third-order valence-corrected chi connectivity index (χ3v) is 6.17. The van der Waals surface area contributed by atoms with E-state index in [1.807, 2.05) is 6.92 Å². The van der Waals surface area contributed by atoms with Crippen LogP contribution in [-0.4, -0.2) is 20.7 Å². The molecule has 0 radical (unpaired) electrons. The van der Waals surface area contributed by atoms with Gasteiger partial charge in [0.15, 0.2) is 0 Å². The van der Waals surface area contributed by atoms with Crippen molar-refractivity contribution in [3.63, 3.8) is 0 Å². The van der Waals surface area contributed by atoms with Gasteiger partial charge in [0.25, 0.3) is 5.56 Å². The summed E-state index contributed by atoms with van der Waals surface area (Å²) >= 11 is 0. The van der Waals surface area contributed by atoms with E-state index in [2.05, 4.69) is 15.0 Å². The van der Waals surface area contributed by atoms with Gasteiger partial charge in [0, 0.05) is 40.8 Å². The van der Waals surface area contributed by atoms with Crippen LogP contribution in [-0.2, 0) is 19.3 Å².